The molecule has 0 fully saturated rings. The molecule has 24 heavy (non-hydrogen) atoms. The van der Waals surface area contributed by atoms with Crippen LogP contribution in [-0.2, 0) is 13.1 Å². The van der Waals surface area contributed by atoms with E-state index in [9.17, 15) is 14.0 Å². The number of rotatable bonds is 4. The molecule has 0 radical (unpaired) electrons. The zero-order valence-electron chi connectivity index (χ0n) is 13.5. The Bertz CT molecular complexity index is 772. The first-order valence-corrected chi connectivity index (χ1v) is 7.98. The Morgan fingerprint density at radius 2 is 2.17 bits per heavy atom. The summed E-state index contributed by atoms with van der Waals surface area (Å²) in [4.78, 5) is 26.3. The first kappa shape index (κ1) is 16.2. The number of benzene rings is 1. The largest absolute Gasteiger partial charge is 0.351 e. The van der Waals surface area contributed by atoms with Gasteiger partial charge in [0.2, 0.25) is 0 Å². The summed E-state index contributed by atoms with van der Waals surface area (Å²) < 4.78 is 14.9. The van der Waals surface area contributed by atoms with E-state index in [1.54, 1.807) is 21.7 Å². The number of aryl methyl sites for hydroxylation is 1. The van der Waals surface area contributed by atoms with E-state index in [4.69, 9.17) is 0 Å². The minimum atomic E-state index is -0.321. The molecule has 0 unspecified atom stereocenters. The Labute approximate surface area is 139 Å². The van der Waals surface area contributed by atoms with Crippen LogP contribution < -0.4 is 5.32 Å². The molecular formula is C17H19FN4O2. The van der Waals surface area contributed by atoms with Crippen LogP contribution in [0.3, 0.4) is 0 Å². The highest BCUT2D eigenvalue weighted by atomic mass is 19.1. The molecule has 126 valence electrons. The Hall–Kier alpha value is -2.70. The van der Waals surface area contributed by atoms with E-state index in [-0.39, 0.29) is 23.3 Å². The highest BCUT2D eigenvalue weighted by molar-refractivity contribution is 5.98. The zero-order chi connectivity index (χ0) is 17.1. The van der Waals surface area contributed by atoms with Crippen LogP contribution in [0.5, 0.6) is 0 Å². The fraction of sp³-hybridized carbons (Fsp3) is 0.353. The van der Waals surface area contributed by atoms with Crippen LogP contribution in [0.2, 0.25) is 0 Å². The first-order chi connectivity index (χ1) is 11.6. The minimum absolute atomic E-state index is 0.195. The van der Waals surface area contributed by atoms with E-state index in [1.165, 1.54) is 18.2 Å². The maximum absolute atomic E-state index is 13.3. The molecular weight excluding hydrogens is 311 g/mol. The van der Waals surface area contributed by atoms with Crippen LogP contribution in [0.25, 0.3) is 0 Å². The Morgan fingerprint density at radius 1 is 1.33 bits per heavy atom. The maximum atomic E-state index is 13.3. The van der Waals surface area contributed by atoms with Crippen molar-refractivity contribution in [3.8, 4) is 0 Å². The highest BCUT2D eigenvalue weighted by Gasteiger charge is 2.26. The maximum Gasteiger partial charge on any atom is 0.272 e. The number of nitrogens with zero attached hydrogens (tertiary/aromatic N) is 3. The molecule has 0 saturated carbocycles. The number of hydrogen-bond acceptors (Lipinski definition) is 3. The molecule has 6 nitrogen and oxygen atoms in total. The lowest BCUT2D eigenvalue weighted by atomic mass is 10.2. The second kappa shape index (κ2) is 6.82. The number of hydrogen-bond donors (Lipinski definition) is 1. The van der Waals surface area contributed by atoms with E-state index < -0.39 is 0 Å². The summed E-state index contributed by atoms with van der Waals surface area (Å²) >= 11 is 0. The molecule has 0 spiro atoms. The lowest BCUT2D eigenvalue weighted by molar-refractivity contribution is 0.0745. The van der Waals surface area contributed by atoms with Gasteiger partial charge in [0.15, 0.2) is 5.69 Å². The molecule has 0 aliphatic carbocycles. The monoisotopic (exact) mass is 330 g/mol. The van der Waals surface area contributed by atoms with Gasteiger partial charge in [0, 0.05) is 32.2 Å². The molecule has 2 amide bonds. The summed E-state index contributed by atoms with van der Waals surface area (Å²) in [5.41, 5.74) is 1.37. The van der Waals surface area contributed by atoms with E-state index in [0.717, 1.165) is 12.0 Å². The lowest BCUT2D eigenvalue weighted by Crippen LogP contribution is -2.30. The Morgan fingerprint density at radius 3 is 2.92 bits per heavy atom. The number of nitrogens with one attached hydrogen (secondary N) is 1. The SMILES string of the molecule is CCNC(=O)c1cc2n(n1)CCCN(Cc1cccc(F)c1)C2=O. The number of amides is 2. The van der Waals surface area contributed by atoms with Crippen LogP contribution in [0.1, 0.15) is 39.9 Å². The standard InChI is InChI=1S/C17H19FN4O2/c1-2-19-16(23)14-10-15-17(24)21(7-4-8-22(15)20-14)11-12-5-3-6-13(18)9-12/h3,5-6,9-10H,2,4,7-8,11H2,1H3,(H,19,23). The van der Waals surface area contributed by atoms with Gasteiger partial charge in [-0.15, -0.1) is 0 Å². The predicted molar refractivity (Wildman–Crippen MR) is 86.0 cm³/mol. The van der Waals surface area contributed by atoms with Crippen molar-refractivity contribution in [3.05, 3.63) is 53.1 Å². The third kappa shape index (κ3) is 3.29. The average Bonchev–Trinajstić information content (AvgIpc) is 2.92. The summed E-state index contributed by atoms with van der Waals surface area (Å²) in [6.45, 7) is 3.79. The summed E-state index contributed by atoms with van der Waals surface area (Å²) in [5, 5.41) is 6.91. The minimum Gasteiger partial charge on any atom is -0.351 e. The number of halogens is 1. The molecule has 7 heteroatoms. The first-order valence-electron chi connectivity index (χ1n) is 7.98. The quantitative estimate of drug-likeness (QED) is 0.930. The summed E-state index contributed by atoms with van der Waals surface area (Å²) in [6, 6.07) is 7.75. The second-order valence-corrected chi connectivity index (χ2v) is 5.71. The van der Waals surface area contributed by atoms with Crippen molar-refractivity contribution in [3.63, 3.8) is 0 Å². The number of carbonyl (C=O) groups is 2. The molecule has 2 heterocycles. The van der Waals surface area contributed by atoms with E-state index >= 15 is 0 Å². The second-order valence-electron chi connectivity index (χ2n) is 5.71. The third-order valence-electron chi connectivity index (χ3n) is 3.92. The van der Waals surface area contributed by atoms with Gasteiger partial charge in [-0.3, -0.25) is 14.3 Å². The molecule has 1 aliphatic rings. The lowest BCUT2D eigenvalue weighted by Gasteiger charge is -2.20. The molecule has 0 saturated heterocycles. The summed E-state index contributed by atoms with van der Waals surface area (Å²) in [6.07, 6.45) is 0.727. The number of carbonyl (C=O) groups excluding carboxylic acids is 2. The highest BCUT2D eigenvalue weighted by Crippen LogP contribution is 2.17. The van der Waals surface area contributed by atoms with Gasteiger partial charge in [-0.1, -0.05) is 12.1 Å². The number of aromatic nitrogens is 2. The number of fused-ring (bicyclic) bond motifs is 1. The average molecular weight is 330 g/mol. The van der Waals surface area contributed by atoms with E-state index in [1.807, 2.05) is 6.92 Å². The van der Waals surface area contributed by atoms with Gasteiger partial charge < -0.3 is 10.2 Å². The molecule has 1 aromatic heterocycles. The Kier molecular flexibility index (Phi) is 4.59. The van der Waals surface area contributed by atoms with Crippen molar-refractivity contribution in [2.24, 2.45) is 0 Å². The molecule has 1 aromatic carbocycles. The third-order valence-corrected chi connectivity index (χ3v) is 3.92. The summed E-state index contributed by atoms with van der Waals surface area (Å²) in [7, 11) is 0. The predicted octanol–water partition coefficient (Wildman–Crippen LogP) is 1.82. The zero-order valence-corrected chi connectivity index (χ0v) is 13.5. The van der Waals surface area contributed by atoms with Gasteiger partial charge in [0.05, 0.1) is 0 Å². The van der Waals surface area contributed by atoms with Crippen molar-refractivity contribution in [2.75, 3.05) is 13.1 Å². The van der Waals surface area contributed by atoms with Gasteiger partial charge in [0.25, 0.3) is 11.8 Å². The molecule has 1 N–H and O–H groups in total. The smallest absolute Gasteiger partial charge is 0.272 e. The summed E-state index contributed by atoms with van der Waals surface area (Å²) in [5.74, 6) is -0.805. The van der Waals surface area contributed by atoms with Crippen LogP contribution in [0.15, 0.2) is 30.3 Å². The van der Waals surface area contributed by atoms with Gasteiger partial charge in [0.1, 0.15) is 11.5 Å². The molecule has 0 bridgehead atoms. The van der Waals surface area contributed by atoms with Gasteiger partial charge in [-0.25, -0.2) is 4.39 Å². The molecule has 2 aromatic rings. The van der Waals surface area contributed by atoms with Crippen LogP contribution in [0, 0.1) is 5.82 Å². The molecule has 3 rings (SSSR count). The molecule has 1 aliphatic heterocycles. The van der Waals surface area contributed by atoms with Crippen molar-refractivity contribution >= 4 is 11.8 Å². The van der Waals surface area contributed by atoms with Crippen LogP contribution >= 0.6 is 0 Å². The van der Waals surface area contributed by atoms with E-state index in [0.29, 0.717) is 31.9 Å². The van der Waals surface area contributed by atoms with Crippen LogP contribution in [0.4, 0.5) is 4.39 Å². The van der Waals surface area contributed by atoms with E-state index in [2.05, 4.69) is 10.4 Å². The van der Waals surface area contributed by atoms with Gasteiger partial charge >= 0.3 is 0 Å². The van der Waals surface area contributed by atoms with Gasteiger partial charge in [-0.05, 0) is 31.0 Å². The topological polar surface area (TPSA) is 67.2 Å². The van der Waals surface area contributed by atoms with Crippen molar-refractivity contribution in [1.29, 1.82) is 0 Å². The Balaban J connectivity index is 1.83. The van der Waals surface area contributed by atoms with Gasteiger partial charge in [-0.2, -0.15) is 5.10 Å². The van der Waals surface area contributed by atoms with Crippen molar-refractivity contribution < 1.29 is 14.0 Å². The fourth-order valence-corrected chi connectivity index (χ4v) is 2.80. The molecule has 0 atom stereocenters. The fourth-order valence-electron chi connectivity index (χ4n) is 2.80. The van der Waals surface area contributed by atoms with Crippen molar-refractivity contribution in [1.82, 2.24) is 20.0 Å². The van der Waals surface area contributed by atoms with Crippen LogP contribution in [-0.4, -0.2) is 39.6 Å². The normalized spacial score (nSPS) is 14.2. The van der Waals surface area contributed by atoms with Crippen molar-refractivity contribution in [2.45, 2.75) is 26.4 Å².